The van der Waals surface area contributed by atoms with Gasteiger partial charge in [-0.2, -0.15) is 16.9 Å². The Bertz CT molecular complexity index is 394. The van der Waals surface area contributed by atoms with Crippen LogP contribution in [-0.4, -0.2) is 49.8 Å². The summed E-state index contributed by atoms with van der Waals surface area (Å²) in [5.74, 6) is 1.27. The summed E-state index contributed by atoms with van der Waals surface area (Å²) in [6.07, 6.45) is 4.06. The molecular weight excluding hydrogens is 238 g/mol. The summed E-state index contributed by atoms with van der Waals surface area (Å²) >= 11 is 1.84. The molecule has 1 aliphatic rings. The number of carboxylic acids is 1. The molecule has 1 fully saturated rings. The molecule has 6 heteroatoms. The number of rotatable bonds is 4. The van der Waals surface area contributed by atoms with E-state index in [1.165, 1.54) is 0 Å². The molecule has 0 spiro atoms. The molecule has 0 saturated carbocycles. The zero-order valence-corrected chi connectivity index (χ0v) is 10.7. The Kier molecular flexibility index (Phi) is 4.06. The zero-order valence-electron chi connectivity index (χ0n) is 9.87. The van der Waals surface area contributed by atoms with Crippen LogP contribution in [0.5, 0.6) is 0 Å². The van der Waals surface area contributed by atoms with Crippen LogP contribution in [0, 0.1) is 0 Å². The van der Waals surface area contributed by atoms with E-state index < -0.39 is 5.97 Å². The van der Waals surface area contributed by atoms with Crippen molar-refractivity contribution < 1.29 is 9.90 Å². The number of hydrogen-bond acceptors (Lipinski definition) is 4. The van der Waals surface area contributed by atoms with E-state index >= 15 is 0 Å². The molecule has 0 amide bonds. The van der Waals surface area contributed by atoms with Gasteiger partial charge in [0.2, 0.25) is 0 Å². The van der Waals surface area contributed by atoms with Crippen LogP contribution in [0.15, 0.2) is 12.4 Å². The second-order valence-electron chi connectivity index (χ2n) is 4.32. The van der Waals surface area contributed by atoms with Crippen molar-refractivity contribution >= 4 is 17.7 Å². The third kappa shape index (κ3) is 3.47. The lowest BCUT2D eigenvalue weighted by Crippen LogP contribution is -2.42. The largest absolute Gasteiger partial charge is 0.481 e. The first kappa shape index (κ1) is 12.4. The molecule has 1 unspecified atom stereocenters. The summed E-state index contributed by atoms with van der Waals surface area (Å²) in [7, 11) is 1.89. The number of thioether (sulfide) groups is 1. The van der Waals surface area contributed by atoms with Crippen molar-refractivity contribution in [3.8, 4) is 0 Å². The number of carbonyl (C=O) groups is 1. The van der Waals surface area contributed by atoms with Crippen LogP contribution >= 0.6 is 11.8 Å². The average Bonchev–Trinajstić information content (AvgIpc) is 2.66. The predicted molar refractivity (Wildman–Crippen MR) is 67.0 cm³/mol. The number of aryl methyl sites for hydroxylation is 1. The molecule has 1 aliphatic heterocycles. The minimum absolute atomic E-state index is 0.145. The van der Waals surface area contributed by atoms with Gasteiger partial charge in [0.05, 0.1) is 12.6 Å². The first-order valence-electron chi connectivity index (χ1n) is 5.66. The Hall–Kier alpha value is -1.01. The lowest BCUT2D eigenvalue weighted by molar-refractivity contribution is -0.138. The smallest absolute Gasteiger partial charge is 0.304 e. The van der Waals surface area contributed by atoms with Crippen LogP contribution in [0.25, 0.3) is 0 Å². The molecule has 17 heavy (non-hydrogen) atoms. The predicted octanol–water partition coefficient (Wildman–Crippen LogP) is 0.812. The SMILES string of the molecule is Cn1cc(CN2CCSCC2CC(=O)O)cn1. The van der Waals surface area contributed by atoms with Crippen LogP contribution < -0.4 is 0 Å². The molecule has 1 atom stereocenters. The molecule has 94 valence electrons. The van der Waals surface area contributed by atoms with E-state index in [0.29, 0.717) is 0 Å². The number of hydrogen-bond donors (Lipinski definition) is 1. The fourth-order valence-corrected chi connectivity index (χ4v) is 3.21. The average molecular weight is 255 g/mol. The van der Waals surface area contributed by atoms with Gasteiger partial charge in [0.25, 0.3) is 0 Å². The van der Waals surface area contributed by atoms with Crippen molar-refractivity contribution in [3.05, 3.63) is 18.0 Å². The van der Waals surface area contributed by atoms with Crippen molar-refractivity contribution in [2.75, 3.05) is 18.1 Å². The van der Waals surface area contributed by atoms with Gasteiger partial charge in [-0.3, -0.25) is 14.4 Å². The Balaban J connectivity index is 1.98. The van der Waals surface area contributed by atoms with Gasteiger partial charge in [-0.25, -0.2) is 0 Å². The monoisotopic (exact) mass is 255 g/mol. The van der Waals surface area contributed by atoms with Gasteiger partial charge in [-0.15, -0.1) is 0 Å². The van der Waals surface area contributed by atoms with E-state index in [9.17, 15) is 4.79 Å². The van der Waals surface area contributed by atoms with E-state index in [4.69, 9.17) is 5.11 Å². The summed E-state index contributed by atoms with van der Waals surface area (Å²) in [6, 6.07) is 0.145. The van der Waals surface area contributed by atoms with Crippen LogP contribution in [0.4, 0.5) is 0 Å². The summed E-state index contributed by atoms with van der Waals surface area (Å²) < 4.78 is 1.78. The van der Waals surface area contributed by atoms with Gasteiger partial charge >= 0.3 is 5.97 Å². The highest BCUT2D eigenvalue weighted by molar-refractivity contribution is 7.99. The van der Waals surface area contributed by atoms with Gasteiger partial charge in [0.15, 0.2) is 0 Å². The second kappa shape index (κ2) is 5.55. The summed E-state index contributed by atoms with van der Waals surface area (Å²) in [5.41, 5.74) is 1.15. The number of aliphatic carboxylic acids is 1. The fraction of sp³-hybridized carbons (Fsp3) is 0.636. The third-order valence-electron chi connectivity index (χ3n) is 2.90. The van der Waals surface area contributed by atoms with Crippen molar-refractivity contribution in [1.29, 1.82) is 0 Å². The number of aromatic nitrogens is 2. The minimum atomic E-state index is -0.714. The van der Waals surface area contributed by atoms with Crippen molar-refractivity contribution in [3.63, 3.8) is 0 Å². The third-order valence-corrected chi connectivity index (χ3v) is 4.00. The van der Waals surface area contributed by atoms with Crippen LogP contribution in [0.3, 0.4) is 0 Å². The molecular formula is C11H17N3O2S. The van der Waals surface area contributed by atoms with E-state index in [1.807, 2.05) is 31.2 Å². The van der Waals surface area contributed by atoms with E-state index in [2.05, 4.69) is 10.00 Å². The number of nitrogens with zero attached hydrogens (tertiary/aromatic N) is 3. The Morgan fingerprint density at radius 1 is 1.71 bits per heavy atom. The Labute approximate surface area is 105 Å². The molecule has 1 N–H and O–H groups in total. The molecule has 1 aromatic heterocycles. The van der Waals surface area contributed by atoms with Gasteiger partial charge < -0.3 is 5.11 Å². The first-order valence-corrected chi connectivity index (χ1v) is 6.82. The zero-order chi connectivity index (χ0) is 12.3. The normalized spacial score (nSPS) is 21.6. The lowest BCUT2D eigenvalue weighted by atomic mass is 10.2. The maximum atomic E-state index is 10.8. The Morgan fingerprint density at radius 2 is 2.53 bits per heavy atom. The summed E-state index contributed by atoms with van der Waals surface area (Å²) in [6.45, 7) is 1.75. The highest BCUT2D eigenvalue weighted by Gasteiger charge is 2.25. The maximum Gasteiger partial charge on any atom is 0.304 e. The van der Waals surface area contributed by atoms with Gasteiger partial charge in [-0.05, 0) is 0 Å². The van der Waals surface area contributed by atoms with Gasteiger partial charge in [0, 0.05) is 49.4 Å². The quantitative estimate of drug-likeness (QED) is 0.863. The van der Waals surface area contributed by atoms with Gasteiger partial charge in [0.1, 0.15) is 0 Å². The molecule has 0 aliphatic carbocycles. The van der Waals surface area contributed by atoms with Crippen LogP contribution in [-0.2, 0) is 18.4 Å². The van der Waals surface area contributed by atoms with E-state index in [-0.39, 0.29) is 12.5 Å². The van der Waals surface area contributed by atoms with Gasteiger partial charge in [-0.1, -0.05) is 0 Å². The molecule has 1 saturated heterocycles. The topological polar surface area (TPSA) is 58.4 Å². The summed E-state index contributed by atoms with van der Waals surface area (Å²) in [5, 5.41) is 13.0. The highest BCUT2D eigenvalue weighted by atomic mass is 32.2. The standard InChI is InChI=1S/C11H17N3O2S/c1-13-6-9(5-12-13)7-14-2-3-17-8-10(14)4-11(15)16/h5-6,10H,2-4,7-8H2,1H3,(H,15,16). The maximum absolute atomic E-state index is 10.8. The second-order valence-corrected chi connectivity index (χ2v) is 5.47. The minimum Gasteiger partial charge on any atom is -0.481 e. The molecule has 1 aromatic rings. The van der Waals surface area contributed by atoms with Crippen LogP contribution in [0.1, 0.15) is 12.0 Å². The Morgan fingerprint density at radius 3 is 3.18 bits per heavy atom. The first-order chi connectivity index (χ1) is 8.15. The van der Waals surface area contributed by atoms with Crippen molar-refractivity contribution in [2.45, 2.75) is 19.0 Å². The molecule has 0 aromatic carbocycles. The summed E-state index contributed by atoms with van der Waals surface area (Å²) in [4.78, 5) is 13.1. The molecule has 5 nitrogen and oxygen atoms in total. The van der Waals surface area contributed by atoms with Crippen molar-refractivity contribution in [2.24, 2.45) is 7.05 Å². The molecule has 0 bridgehead atoms. The molecule has 2 heterocycles. The van der Waals surface area contributed by atoms with E-state index in [0.717, 1.165) is 30.2 Å². The van der Waals surface area contributed by atoms with Crippen molar-refractivity contribution in [1.82, 2.24) is 14.7 Å². The van der Waals surface area contributed by atoms with E-state index in [1.54, 1.807) is 4.68 Å². The molecule has 2 rings (SSSR count). The highest BCUT2D eigenvalue weighted by Crippen LogP contribution is 2.21. The fourth-order valence-electron chi connectivity index (χ4n) is 2.07. The molecule has 0 radical (unpaired) electrons. The number of carboxylic acid groups (broad SMARTS) is 1. The van der Waals surface area contributed by atoms with Crippen LogP contribution in [0.2, 0.25) is 0 Å². The lowest BCUT2D eigenvalue weighted by Gasteiger charge is -2.34.